The lowest BCUT2D eigenvalue weighted by Crippen LogP contribution is -2.16. The van der Waals surface area contributed by atoms with Gasteiger partial charge in [-0.25, -0.2) is 4.39 Å². The number of allylic oxidation sites excluding steroid dienone is 1. The molecule has 0 unspecified atom stereocenters. The topological polar surface area (TPSA) is 34.0 Å². The van der Waals surface area contributed by atoms with E-state index in [0.717, 1.165) is 28.6 Å². The maximum absolute atomic E-state index is 14.4. The van der Waals surface area contributed by atoms with Gasteiger partial charge in [0.15, 0.2) is 0 Å². The Labute approximate surface area is 150 Å². The molecule has 2 heterocycles. The zero-order valence-corrected chi connectivity index (χ0v) is 14.6. The summed E-state index contributed by atoms with van der Waals surface area (Å²) in [6.07, 6.45) is 2.54. The van der Waals surface area contributed by atoms with Gasteiger partial charge in [-0.3, -0.25) is 4.57 Å². The summed E-state index contributed by atoms with van der Waals surface area (Å²) in [7, 11) is 3.84. The molecule has 1 aliphatic heterocycles. The minimum atomic E-state index is -0.259. The van der Waals surface area contributed by atoms with Crippen LogP contribution in [0.15, 0.2) is 48.5 Å². The van der Waals surface area contributed by atoms with Crippen molar-refractivity contribution < 1.29 is 4.39 Å². The van der Waals surface area contributed by atoms with Crippen LogP contribution < -0.4 is 4.90 Å². The Balaban J connectivity index is 2.01. The fourth-order valence-corrected chi connectivity index (χ4v) is 3.30. The van der Waals surface area contributed by atoms with E-state index in [1.165, 1.54) is 6.07 Å². The number of hydrogen-bond donors (Lipinski definition) is 0. The lowest BCUT2D eigenvalue weighted by molar-refractivity contribution is 0.624. The number of aromatic nitrogens is 3. The summed E-state index contributed by atoms with van der Waals surface area (Å²) in [5.74, 6) is 1.27. The van der Waals surface area contributed by atoms with Crippen molar-refractivity contribution in [3.63, 3.8) is 0 Å². The average Bonchev–Trinajstić information content (AvgIpc) is 2.94. The predicted molar refractivity (Wildman–Crippen MR) is 97.9 cm³/mol. The zero-order valence-electron chi connectivity index (χ0n) is 13.9. The molecule has 0 atom stereocenters. The van der Waals surface area contributed by atoms with Crippen LogP contribution in [0.4, 0.5) is 10.3 Å². The summed E-state index contributed by atoms with van der Waals surface area (Å²) in [6, 6.07) is 12.4. The quantitative estimate of drug-likeness (QED) is 0.694. The van der Waals surface area contributed by atoms with E-state index in [9.17, 15) is 4.39 Å². The summed E-state index contributed by atoms with van der Waals surface area (Å²) in [5.41, 5.74) is 3.11. The van der Waals surface area contributed by atoms with Crippen LogP contribution in [-0.2, 0) is 6.42 Å². The predicted octanol–water partition coefficient (Wildman–Crippen LogP) is 4.11. The van der Waals surface area contributed by atoms with Crippen molar-refractivity contribution in [2.45, 2.75) is 6.42 Å². The third-order valence-electron chi connectivity index (χ3n) is 4.26. The van der Waals surface area contributed by atoms with Gasteiger partial charge in [-0.1, -0.05) is 35.9 Å². The SMILES string of the molecule is CN(C)c1nnc2n1-c1ccc(Cl)cc1C(c1ccccc1F)=CC2. The van der Waals surface area contributed by atoms with E-state index in [2.05, 4.69) is 10.2 Å². The molecular weight excluding hydrogens is 339 g/mol. The molecule has 4 nitrogen and oxygen atoms in total. The van der Waals surface area contributed by atoms with Crippen LogP contribution in [0.3, 0.4) is 0 Å². The fourth-order valence-electron chi connectivity index (χ4n) is 3.13. The molecule has 0 saturated heterocycles. The monoisotopic (exact) mass is 354 g/mol. The van der Waals surface area contributed by atoms with Crippen LogP contribution in [0.25, 0.3) is 11.3 Å². The zero-order chi connectivity index (χ0) is 17.6. The molecule has 1 aromatic heterocycles. The van der Waals surface area contributed by atoms with Crippen LogP contribution in [-0.4, -0.2) is 28.9 Å². The van der Waals surface area contributed by atoms with Crippen molar-refractivity contribution in [3.8, 4) is 5.69 Å². The van der Waals surface area contributed by atoms with Gasteiger partial charge < -0.3 is 4.90 Å². The van der Waals surface area contributed by atoms with Gasteiger partial charge in [0.1, 0.15) is 11.6 Å². The molecule has 0 radical (unpaired) electrons. The van der Waals surface area contributed by atoms with Gasteiger partial charge in [-0.05, 0) is 29.8 Å². The molecule has 0 saturated carbocycles. The molecule has 0 N–H and O–H groups in total. The van der Waals surface area contributed by atoms with Crippen LogP contribution >= 0.6 is 11.6 Å². The second-order valence-corrected chi connectivity index (χ2v) is 6.55. The summed E-state index contributed by atoms with van der Waals surface area (Å²) < 4.78 is 16.4. The molecule has 3 aromatic rings. The largest absolute Gasteiger partial charge is 0.347 e. The summed E-state index contributed by atoms with van der Waals surface area (Å²) >= 11 is 6.25. The van der Waals surface area contributed by atoms with E-state index in [-0.39, 0.29) is 5.82 Å². The molecule has 4 rings (SSSR count). The molecule has 0 fully saturated rings. The number of fused-ring (bicyclic) bond motifs is 3. The second-order valence-electron chi connectivity index (χ2n) is 6.11. The maximum Gasteiger partial charge on any atom is 0.231 e. The maximum atomic E-state index is 14.4. The Morgan fingerprint density at radius 3 is 2.64 bits per heavy atom. The van der Waals surface area contributed by atoms with Crippen molar-refractivity contribution in [1.82, 2.24) is 14.8 Å². The van der Waals surface area contributed by atoms with Gasteiger partial charge >= 0.3 is 0 Å². The van der Waals surface area contributed by atoms with E-state index in [1.54, 1.807) is 12.1 Å². The highest BCUT2D eigenvalue weighted by Gasteiger charge is 2.23. The highest BCUT2D eigenvalue weighted by molar-refractivity contribution is 6.30. The highest BCUT2D eigenvalue weighted by atomic mass is 35.5. The molecule has 6 heteroatoms. The minimum absolute atomic E-state index is 0.259. The number of benzene rings is 2. The molecule has 0 spiro atoms. The van der Waals surface area contributed by atoms with Gasteiger partial charge in [-0.2, -0.15) is 0 Å². The Morgan fingerprint density at radius 1 is 1.08 bits per heavy atom. The standard InChI is InChI=1S/C19H16ClFN4/c1-24(2)19-23-22-18-10-8-13(14-5-3-4-6-16(14)21)15-11-12(20)7-9-17(15)25(18)19/h3-9,11H,10H2,1-2H3. The van der Waals surface area contributed by atoms with Crippen LogP contribution in [0.5, 0.6) is 0 Å². The van der Waals surface area contributed by atoms with Crippen molar-refractivity contribution in [1.29, 1.82) is 0 Å². The number of hydrogen-bond acceptors (Lipinski definition) is 3. The molecule has 0 aliphatic carbocycles. The molecule has 126 valence electrons. The van der Waals surface area contributed by atoms with E-state index in [0.29, 0.717) is 17.0 Å². The summed E-state index contributed by atoms with van der Waals surface area (Å²) in [4.78, 5) is 1.91. The first-order chi connectivity index (χ1) is 12.1. The second kappa shape index (κ2) is 6.01. The third kappa shape index (κ3) is 2.61. The molecule has 0 amide bonds. The van der Waals surface area contributed by atoms with E-state index >= 15 is 0 Å². The van der Waals surface area contributed by atoms with Gasteiger partial charge in [0.25, 0.3) is 0 Å². The molecule has 1 aliphatic rings. The Hall–Kier alpha value is -2.66. The van der Waals surface area contributed by atoms with E-state index in [4.69, 9.17) is 11.6 Å². The first-order valence-corrected chi connectivity index (χ1v) is 8.31. The molecule has 0 bridgehead atoms. The van der Waals surface area contributed by atoms with E-state index < -0.39 is 0 Å². The van der Waals surface area contributed by atoms with Crippen molar-refractivity contribution in [2.75, 3.05) is 19.0 Å². The molecule has 25 heavy (non-hydrogen) atoms. The lowest BCUT2D eigenvalue weighted by Gasteiger charge is -2.18. The number of rotatable bonds is 2. The van der Waals surface area contributed by atoms with Crippen LogP contribution in [0.1, 0.15) is 17.0 Å². The van der Waals surface area contributed by atoms with Crippen LogP contribution in [0, 0.1) is 5.82 Å². The Kier molecular flexibility index (Phi) is 3.81. The first-order valence-electron chi connectivity index (χ1n) is 7.93. The first kappa shape index (κ1) is 15.8. The average molecular weight is 355 g/mol. The van der Waals surface area contributed by atoms with Gasteiger partial charge in [0.05, 0.1) is 5.69 Å². The summed E-state index contributed by atoms with van der Waals surface area (Å²) in [5, 5.41) is 9.19. The number of nitrogens with zero attached hydrogens (tertiary/aromatic N) is 4. The third-order valence-corrected chi connectivity index (χ3v) is 4.49. The minimum Gasteiger partial charge on any atom is -0.347 e. The van der Waals surface area contributed by atoms with Crippen molar-refractivity contribution in [3.05, 3.63) is 76.3 Å². The van der Waals surface area contributed by atoms with E-state index in [1.807, 2.05) is 53.9 Å². The fraction of sp³-hybridized carbons (Fsp3) is 0.158. The number of anilines is 1. The smallest absolute Gasteiger partial charge is 0.231 e. The van der Waals surface area contributed by atoms with Gasteiger partial charge in [-0.15, -0.1) is 10.2 Å². The molecule has 2 aromatic carbocycles. The van der Waals surface area contributed by atoms with Gasteiger partial charge in [0, 0.05) is 36.7 Å². The van der Waals surface area contributed by atoms with Gasteiger partial charge in [0.2, 0.25) is 5.95 Å². The Bertz CT molecular complexity index is 991. The Morgan fingerprint density at radius 2 is 1.88 bits per heavy atom. The normalized spacial score (nSPS) is 12.9. The molecular formula is C19H16ClFN4. The highest BCUT2D eigenvalue weighted by Crippen LogP contribution is 2.36. The lowest BCUT2D eigenvalue weighted by atomic mass is 9.95. The van der Waals surface area contributed by atoms with Crippen LogP contribution in [0.2, 0.25) is 5.02 Å². The van der Waals surface area contributed by atoms with Crippen molar-refractivity contribution >= 4 is 23.1 Å². The van der Waals surface area contributed by atoms with Crippen molar-refractivity contribution in [2.24, 2.45) is 0 Å². The number of halogens is 2. The summed E-state index contributed by atoms with van der Waals surface area (Å²) in [6.45, 7) is 0.